The molecule has 0 aliphatic rings. The molecule has 0 atom stereocenters. The fourth-order valence-electron chi connectivity index (χ4n) is 2.51. The molecule has 3 aromatic rings. The van der Waals surface area contributed by atoms with E-state index in [0.717, 1.165) is 23.5 Å². The summed E-state index contributed by atoms with van der Waals surface area (Å²) in [5.74, 6) is -2.40. The highest BCUT2D eigenvalue weighted by Crippen LogP contribution is 2.26. The summed E-state index contributed by atoms with van der Waals surface area (Å²) in [6, 6.07) is 8.81. The highest BCUT2D eigenvalue weighted by molar-refractivity contribution is 7.89. The number of thiazole rings is 1. The first kappa shape index (κ1) is 22.0. The van der Waals surface area contributed by atoms with E-state index in [9.17, 15) is 22.0 Å². The van der Waals surface area contributed by atoms with Gasteiger partial charge in [-0.1, -0.05) is 0 Å². The lowest BCUT2D eigenvalue weighted by Crippen LogP contribution is -2.33. The summed E-state index contributed by atoms with van der Waals surface area (Å²) in [7, 11) is -2.15. The van der Waals surface area contributed by atoms with Crippen molar-refractivity contribution in [3.8, 4) is 11.3 Å². The topological polar surface area (TPSA) is 79.4 Å². The number of amides is 1. The smallest absolute Gasteiger partial charge is 0.257 e. The lowest BCUT2D eigenvalue weighted by molar-refractivity contribution is 0.102. The maximum absolute atomic E-state index is 13.4. The van der Waals surface area contributed by atoms with Crippen LogP contribution in [-0.4, -0.2) is 36.7 Å². The van der Waals surface area contributed by atoms with Crippen molar-refractivity contribution < 1.29 is 22.0 Å². The van der Waals surface area contributed by atoms with Gasteiger partial charge in [-0.2, -0.15) is 4.31 Å². The predicted octanol–water partition coefficient (Wildman–Crippen LogP) is 4.37. The van der Waals surface area contributed by atoms with Crippen LogP contribution in [0.25, 0.3) is 11.3 Å². The summed E-state index contributed by atoms with van der Waals surface area (Å²) in [6.45, 7) is 3.53. The first-order valence-electron chi connectivity index (χ1n) is 8.90. The van der Waals surface area contributed by atoms with E-state index < -0.39 is 27.6 Å². The summed E-state index contributed by atoms with van der Waals surface area (Å²) in [6.07, 6.45) is 0. The van der Waals surface area contributed by atoms with Gasteiger partial charge in [0.1, 0.15) is 0 Å². The third-order valence-electron chi connectivity index (χ3n) is 4.46. The minimum absolute atomic E-state index is 0.0881. The molecule has 3 rings (SSSR count). The Morgan fingerprint density at radius 1 is 1.10 bits per heavy atom. The van der Waals surface area contributed by atoms with E-state index in [-0.39, 0.29) is 21.6 Å². The molecule has 0 radical (unpaired) electrons. The van der Waals surface area contributed by atoms with Crippen LogP contribution in [0.4, 0.5) is 13.9 Å². The number of carbonyl (C=O) groups is 1. The summed E-state index contributed by atoms with van der Waals surface area (Å²) < 4.78 is 52.7. The zero-order chi connectivity index (χ0) is 22.1. The summed E-state index contributed by atoms with van der Waals surface area (Å²) in [5, 5.41) is 4.50. The Labute approximate surface area is 177 Å². The van der Waals surface area contributed by atoms with Gasteiger partial charge in [0.2, 0.25) is 10.0 Å². The van der Waals surface area contributed by atoms with Crippen molar-refractivity contribution in [2.45, 2.75) is 24.8 Å². The standard InChI is InChI=1S/C20H19F2N3O3S2/c1-12(2)25(3)30(27,28)15-7-4-13(5-8-15)19(26)24-20-23-18(11-29-20)14-6-9-16(21)17(22)10-14/h4-12H,1-3H3,(H,23,24,26). The molecule has 0 aliphatic carbocycles. The molecule has 158 valence electrons. The van der Waals surface area contributed by atoms with Gasteiger partial charge >= 0.3 is 0 Å². The zero-order valence-corrected chi connectivity index (χ0v) is 18.0. The first-order valence-corrected chi connectivity index (χ1v) is 11.2. The van der Waals surface area contributed by atoms with Crippen LogP contribution in [0.1, 0.15) is 24.2 Å². The minimum atomic E-state index is -3.64. The van der Waals surface area contributed by atoms with Crippen molar-refractivity contribution >= 4 is 32.4 Å². The average molecular weight is 452 g/mol. The number of aromatic nitrogens is 1. The van der Waals surface area contributed by atoms with E-state index in [2.05, 4.69) is 10.3 Å². The van der Waals surface area contributed by atoms with E-state index in [4.69, 9.17) is 0 Å². The number of carbonyl (C=O) groups excluding carboxylic acids is 1. The maximum Gasteiger partial charge on any atom is 0.257 e. The Hall–Kier alpha value is -2.69. The van der Waals surface area contributed by atoms with Crippen molar-refractivity contribution in [1.82, 2.24) is 9.29 Å². The average Bonchev–Trinajstić information content (AvgIpc) is 3.17. The lowest BCUT2D eigenvalue weighted by Gasteiger charge is -2.20. The highest BCUT2D eigenvalue weighted by Gasteiger charge is 2.23. The van der Waals surface area contributed by atoms with Crippen LogP contribution in [0, 0.1) is 11.6 Å². The van der Waals surface area contributed by atoms with Gasteiger partial charge in [0.15, 0.2) is 16.8 Å². The molecule has 6 nitrogen and oxygen atoms in total. The second-order valence-corrected chi connectivity index (χ2v) is 9.62. The molecule has 0 aliphatic heterocycles. The predicted molar refractivity (Wildman–Crippen MR) is 112 cm³/mol. The fourth-order valence-corrected chi connectivity index (χ4v) is 4.59. The van der Waals surface area contributed by atoms with E-state index >= 15 is 0 Å². The molecule has 1 aromatic heterocycles. The fraction of sp³-hybridized carbons (Fsp3) is 0.200. The molecular weight excluding hydrogens is 432 g/mol. The van der Waals surface area contributed by atoms with Gasteiger partial charge in [-0.05, 0) is 56.3 Å². The van der Waals surface area contributed by atoms with Gasteiger partial charge in [0.25, 0.3) is 5.91 Å². The molecule has 0 spiro atoms. The third kappa shape index (κ3) is 4.55. The van der Waals surface area contributed by atoms with Gasteiger partial charge in [0.05, 0.1) is 10.6 Å². The summed E-state index contributed by atoms with van der Waals surface area (Å²) in [5.41, 5.74) is 1.03. The molecule has 0 saturated heterocycles. The number of benzene rings is 2. The van der Waals surface area contributed by atoms with E-state index in [1.165, 1.54) is 41.7 Å². The van der Waals surface area contributed by atoms with Crippen LogP contribution in [-0.2, 0) is 10.0 Å². The van der Waals surface area contributed by atoms with Crippen molar-refractivity contribution in [2.24, 2.45) is 0 Å². The van der Waals surface area contributed by atoms with Crippen molar-refractivity contribution in [2.75, 3.05) is 12.4 Å². The van der Waals surface area contributed by atoms with Gasteiger partial charge in [0, 0.05) is 29.6 Å². The maximum atomic E-state index is 13.4. The molecule has 0 fully saturated rings. The van der Waals surface area contributed by atoms with E-state index in [1.54, 1.807) is 19.2 Å². The van der Waals surface area contributed by atoms with Crippen molar-refractivity contribution in [3.05, 3.63) is 65.0 Å². The second kappa shape index (κ2) is 8.58. The lowest BCUT2D eigenvalue weighted by atomic mass is 10.2. The normalized spacial score (nSPS) is 11.8. The molecule has 10 heteroatoms. The zero-order valence-electron chi connectivity index (χ0n) is 16.4. The Morgan fingerprint density at radius 2 is 1.77 bits per heavy atom. The SMILES string of the molecule is CC(C)N(C)S(=O)(=O)c1ccc(C(=O)Nc2nc(-c3ccc(F)c(F)c3)cs2)cc1. The summed E-state index contributed by atoms with van der Waals surface area (Å²) in [4.78, 5) is 16.7. The number of hydrogen-bond donors (Lipinski definition) is 1. The highest BCUT2D eigenvalue weighted by atomic mass is 32.2. The molecule has 30 heavy (non-hydrogen) atoms. The number of anilines is 1. The Balaban J connectivity index is 1.74. The Morgan fingerprint density at radius 3 is 2.37 bits per heavy atom. The van der Waals surface area contributed by atoms with Crippen molar-refractivity contribution in [3.63, 3.8) is 0 Å². The van der Waals surface area contributed by atoms with Gasteiger partial charge in [-0.3, -0.25) is 10.1 Å². The minimum Gasteiger partial charge on any atom is -0.298 e. The number of hydrogen-bond acceptors (Lipinski definition) is 5. The summed E-state index contributed by atoms with van der Waals surface area (Å²) >= 11 is 1.13. The molecule has 1 heterocycles. The first-order chi connectivity index (χ1) is 14.1. The van der Waals surface area contributed by atoms with Crippen LogP contribution in [0.2, 0.25) is 0 Å². The van der Waals surface area contributed by atoms with Crippen LogP contribution in [0.5, 0.6) is 0 Å². The Bertz CT molecular complexity index is 1180. The van der Waals surface area contributed by atoms with Crippen LogP contribution >= 0.6 is 11.3 Å². The molecule has 1 N–H and O–H groups in total. The van der Waals surface area contributed by atoms with E-state index in [0.29, 0.717) is 11.3 Å². The van der Waals surface area contributed by atoms with Crippen molar-refractivity contribution in [1.29, 1.82) is 0 Å². The van der Waals surface area contributed by atoms with Crippen LogP contribution < -0.4 is 5.32 Å². The molecule has 0 unspecified atom stereocenters. The molecule has 0 bridgehead atoms. The molecule has 2 aromatic carbocycles. The molecular formula is C20H19F2N3O3S2. The number of halogens is 2. The monoisotopic (exact) mass is 451 g/mol. The van der Waals surface area contributed by atoms with Gasteiger partial charge < -0.3 is 0 Å². The third-order valence-corrected chi connectivity index (χ3v) is 7.27. The number of rotatable bonds is 6. The van der Waals surface area contributed by atoms with Gasteiger partial charge in [-0.25, -0.2) is 22.2 Å². The number of nitrogens with zero attached hydrogens (tertiary/aromatic N) is 2. The number of sulfonamides is 1. The largest absolute Gasteiger partial charge is 0.298 e. The van der Waals surface area contributed by atoms with E-state index in [1.807, 2.05) is 0 Å². The Kier molecular flexibility index (Phi) is 6.30. The molecule has 1 amide bonds. The molecule has 0 saturated carbocycles. The second-order valence-electron chi connectivity index (χ2n) is 6.76. The van der Waals surface area contributed by atoms with Crippen LogP contribution in [0.3, 0.4) is 0 Å². The van der Waals surface area contributed by atoms with Gasteiger partial charge in [-0.15, -0.1) is 11.3 Å². The quantitative estimate of drug-likeness (QED) is 0.604. The number of nitrogens with one attached hydrogen (secondary N) is 1. The van der Waals surface area contributed by atoms with Crippen LogP contribution in [0.15, 0.2) is 52.7 Å².